The first kappa shape index (κ1) is 22.0. The smallest absolute Gasteiger partial charge is 0.386 e. The predicted octanol–water partition coefficient (Wildman–Crippen LogP) is 3.15. The Labute approximate surface area is 179 Å². The number of hydrogen-bond acceptors (Lipinski definition) is 6. The summed E-state index contributed by atoms with van der Waals surface area (Å²) in [5.41, 5.74) is -2.12. The Kier molecular flexibility index (Phi) is 5.26. The Hall–Kier alpha value is -2.24. The van der Waals surface area contributed by atoms with Gasteiger partial charge in [0, 0.05) is 16.6 Å². The molecule has 0 unspecified atom stereocenters. The van der Waals surface area contributed by atoms with Gasteiger partial charge in [0.15, 0.2) is 6.23 Å². The van der Waals surface area contributed by atoms with Crippen LogP contribution >= 0.6 is 11.6 Å². The molecule has 0 radical (unpaired) electrons. The van der Waals surface area contributed by atoms with Crippen molar-refractivity contribution < 1.29 is 33.2 Å². The fourth-order valence-corrected chi connectivity index (χ4v) is 4.10. The van der Waals surface area contributed by atoms with E-state index in [-0.39, 0.29) is 10.6 Å². The van der Waals surface area contributed by atoms with E-state index in [2.05, 4.69) is 9.97 Å². The minimum Gasteiger partial charge on any atom is -0.386 e. The normalized spacial score (nSPS) is 27.7. The van der Waals surface area contributed by atoms with Gasteiger partial charge >= 0.3 is 6.18 Å². The molecule has 4 rings (SSSR count). The van der Waals surface area contributed by atoms with Crippen molar-refractivity contribution in [3.05, 3.63) is 58.6 Å². The second kappa shape index (κ2) is 7.42. The number of fused-ring (bicyclic) bond motifs is 1. The molecule has 11 heteroatoms. The summed E-state index contributed by atoms with van der Waals surface area (Å²) in [4.78, 5) is 8.27. The molecule has 0 aliphatic carbocycles. The molecule has 1 saturated heterocycles. The molecular weight excluding hydrogens is 439 g/mol. The third-order valence-corrected chi connectivity index (χ3v) is 5.81. The summed E-state index contributed by atoms with van der Waals surface area (Å²) in [6, 6.07) is 4.34. The van der Waals surface area contributed by atoms with Crippen LogP contribution in [0, 0.1) is 6.92 Å². The molecule has 0 spiro atoms. The molecule has 0 amide bonds. The van der Waals surface area contributed by atoms with Crippen molar-refractivity contribution in [1.29, 1.82) is 0 Å². The van der Waals surface area contributed by atoms with Crippen LogP contribution in [0.1, 0.15) is 36.1 Å². The van der Waals surface area contributed by atoms with Crippen LogP contribution in [-0.4, -0.2) is 47.7 Å². The van der Waals surface area contributed by atoms with Crippen LogP contribution in [0.15, 0.2) is 36.8 Å². The van der Waals surface area contributed by atoms with Crippen molar-refractivity contribution in [2.45, 2.75) is 50.2 Å². The minimum atomic E-state index is -4.68. The van der Waals surface area contributed by atoms with Crippen molar-refractivity contribution in [2.24, 2.45) is 0 Å². The lowest BCUT2D eigenvalue weighted by Gasteiger charge is -2.30. The summed E-state index contributed by atoms with van der Waals surface area (Å²) in [6.45, 7) is 3.02. The molecular formula is C20H19ClF3N3O4. The van der Waals surface area contributed by atoms with Crippen LogP contribution in [-0.2, 0) is 10.9 Å². The standard InChI is InChI=1S/C20H19ClF3N3O4/c1-9-13-3-4-27(17(13)26-8-25-9)18-15(29)19(2,30)16(31-18)14(28)10-5-11(20(22,23)24)7-12(21)6-10/h3-8,14-16,18,28-30H,1-2H3/t14-,15-,16+,18+,19-/m0/s1. The van der Waals surface area contributed by atoms with E-state index in [1.165, 1.54) is 17.8 Å². The average molecular weight is 458 g/mol. The van der Waals surface area contributed by atoms with Gasteiger partial charge in [-0.05, 0) is 43.7 Å². The van der Waals surface area contributed by atoms with E-state index in [1.54, 1.807) is 19.2 Å². The zero-order chi connectivity index (χ0) is 22.7. The second-order valence-electron chi connectivity index (χ2n) is 7.75. The second-order valence-corrected chi connectivity index (χ2v) is 8.19. The molecule has 166 valence electrons. The molecule has 1 aromatic carbocycles. The topological polar surface area (TPSA) is 101 Å². The van der Waals surface area contributed by atoms with Gasteiger partial charge in [-0.3, -0.25) is 0 Å². The van der Waals surface area contributed by atoms with Crippen LogP contribution in [0.3, 0.4) is 0 Å². The Morgan fingerprint density at radius 2 is 1.97 bits per heavy atom. The highest BCUT2D eigenvalue weighted by Gasteiger charge is 2.56. The third kappa shape index (κ3) is 3.68. The Morgan fingerprint density at radius 1 is 1.26 bits per heavy atom. The van der Waals surface area contributed by atoms with E-state index < -0.39 is 41.9 Å². The van der Waals surface area contributed by atoms with E-state index in [0.29, 0.717) is 16.7 Å². The number of ether oxygens (including phenoxy) is 1. The van der Waals surface area contributed by atoms with E-state index in [1.807, 2.05) is 0 Å². The molecule has 1 fully saturated rings. The molecule has 31 heavy (non-hydrogen) atoms. The van der Waals surface area contributed by atoms with Gasteiger partial charge in [0.25, 0.3) is 0 Å². The number of aryl methyl sites for hydroxylation is 1. The van der Waals surface area contributed by atoms with Crippen molar-refractivity contribution >= 4 is 22.6 Å². The largest absolute Gasteiger partial charge is 0.416 e. The van der Waals surface area contributed by atoms with Crippen molar-refractivity contribution in [2.75, 3.05) is 0 Å². The fourth-order valence-electron chi connectivity index (χ4n) is 3.86. The van der Waals surface area contributed by atoms with E-state index in [4.69, 9.17) is 16.3 Å². The summed E-state index contributed by atoms with van der Waals surface area (Å²) in [6.07, 6.45) is -7.57. The molecule has 0 bridgehead atoms. The quantitative estimate of drug-likeness (QED) is 0.558. The maximum absolute atomic E-state index is 13.2. The zero-order valence-electron chi connectivity index (χ0n) is 16.4. The number of nitrogens with zero attached hydrogens (tertiary/aromatic N) is 3. The lowest BCUT2D eigenvalue weighted by molar-refractivity contribution is -0.138. The number of aromatic nitrogens is 3. The van der Waals surface area contributed by atoms with Crippen molar-refractivity contribution in [3.63, 3.8) is 0 Å². The van der Waals surface area contributed by atoms with E-state index in [0.717, 1.165) is 18.2 Å². The molecule has 2 aromatic heterocycles. The van der Waals surface area contributed by atoms with Crippen LogP contribution in [0.25, 0.3) is 11.0 Å². The monoisotopic (exact) mass is 457 g/mol. The van der Waals surface area contributed by atoms with Gasteiger partial charge in [0.1, 0.15) is 35.9 Å². The molecule has 3 heterocycles. The number of hydrogen-bond donors (Lipinski definition) is 3. The van der Waals surface area contributed by atoms with Gasteiger partial charge in [0.05, 0.1) is 11.3 Å². The van der Waals surface area contributed by atoms with Crippen molar-refractivity contribution in [3.8, 4) is 0 Å². The first-order valence-corrected chi connectivity index (χ1v) is 9.69. The Bertz CT molecular complexity index is 1130. The SMILES string of the molecule is Cc1ncnc2c1ccn2[C@@H]1O[C@H]([C@@H](O)c2cc(Cl)cc(C(F)(F)F)c2)[C@@](C)(O)[C@H]1O. The molecule has 7 nitrogen and oxygen atoms in total. The lowest BCUT2D eigenvalue weighted by Crippen LogP contribution is -2.47. The minimum absolute atomic E-state index is 0.200. The number of alkyl halides is 3. The van der Waals surface area contributed by atoms with E-state index >= 15 is 0 Å². The third-order valence-electron chi connectivity index (χ3n) is 5.59. The number of rotatable bonds is 3. The van der Waals surface area contributed by atoms with Crippen LogP contribution in [0.4, 0.5) is 13.2 Å². The van der Waals surface area contributed by atoms with Gasteiger partial charge in [-0.15, -0.1) is 0 Å². The zero-order valence-corrected chi connectivity index (χ0v) is 17.1. The average Bonchev–Trinajstić information content (AvgIpc) is 3.20. The maximum Gasteiger partial charge on any atom is 0.416 e. The van der Waals surface area contributed by atoms with Gasteiger partial charge in [-0.1, -0.05) is 11.6 Å². The summed E-state index contributed by atoms with van der Waals surface area (Å²) in [5, 5.41) is 32.9. The fraction of sp³-hybridized carbons (Fsp3) is 0.400. The summed E-state index contributed by atoms with van der Waals surface area (Å²) in [5.74, 6) is 0. The van der Waals surface area contributed by atoms with Crippen LogP contribution < -0.4 is 0 Å². The van der Waals surface area contributed by atoms with Crippen molar-refractivity contribution in [1.82, 2.24) is 14.5 Å². The number of halogens is 4. The number of aliphatic hydroxyl groups excluding tert-OH is 2. The van der Waals surface area contributed by atoms with Gasteiger partial charge < -0.3 is 24.6 Å². The highest BCUT2D eigenvalue weighted by Crippen LogP contribution is 2.44. The van der Waals surface area contributed by atoms with Gasteiger partial charge in [0.2, 0.25) is 0 Å². The summed E-state index contributed by atoms with van der Waals surface area (Å²) < 4.78 is 46.7. The molecule has 0 saturated carbocycles. The first-order valence-electron chi connectivity index (χ1n) is 9.31. The predicted molar refractivity (Wildman–Crippen MR) is 104 cm³/mol. The maximum atomic E-state index is 13.2. The number of aliphatic hydroxyl groups is 3. The van der Waals surface area contributed by atoms with E-state index in [9.17, 15) is 28.5 Å². The summed E-state index contributed by atoms with van der Waals surface area (Å²) >= 11 is 5.81. The molecule has 3 aromatic rings. The molecule has 3 N–H and O–H groups in total. The highest BCUT2D eigenvalue weighted by atomic mass is 35.5. The molecule has 5 atom stereocenters. The Balaban J connectivity index is 1.71. The Morgan fingerprint density at radius 3 is 2.65 bits per heavy atom. The molecule has 1 aliphatic rings. The lowest BCUT2D eigenvalue weighted by atomic mass is 9.88. The van der Waals surface area contributed by atoms with Crippen LogP contribution in [0.5, 0.6) is 0 Å². The van der Waals surface area contributed by atoms with Crippen LogP contribution in [0.2, 0.25) is 5.02 Å². The van der Waals surface area contributed by atoms with Gasteiger partial charge in [-0.2, -0.15) is 13.2 Å². The van der Waals surface area contributed by atoms with Gasteiger partial charge in [-0.25, -0.2) is 9.97 Å². The first-order chi connectivity index (χ1) is 14.4. The molecule has 1 aliphatic heterocycles. The highest BCUT2D eigenvalue weighted by molar-refractivity contribution is 6.30. The number of benzene rings is 1. The summed E-state index contributed by atoms with van der Waals surface area (Å²) in [7, 11) is 0.